The predicted molar refractivity (Wildman–Crippen MR) is 135 cm³/mol. The van der Waals surface area contributed by atoms with Crippen molar-refractivity contribution in [3.8, 4) is 17.2 Å². The molecule has 0 amide bonds. The summed E-state index contributed by atoms with van der Waals surface area (Å²) >= 11 is 1.55. The lowest BCUT2D eigenvalue weighted by molar-refractivity contribution is 0.170. The fraction of sp³-hybridized carbons (Fsp3) is 0.320. The molecule has 1 N–H and O–H groups in total. The molecule has 8 nitrogen and oxygen atoms in total. The van der Waals surface area contributed by atoms with Crippen LogP contribution >= 0.6 is 11.3 Å². The Morgan fingerprint density at radius 3 is 2.85 bits per heavy atom. The van der Waals surface area contributed by atoms with Crippen molar-refractivity contribution in [2.75, 3.05) is 37.0 Å². The lowest BCUT2D eigenvalue weighted by Crippen LogP contribution is -2.41. The monoisotopic (exact) mass is 477 g/mol. The molecule has 5 rings (SSSR count). The SMILES string of the molecule is CCOc1ccccc1O[C@@H]1CCCN(c2cncc(Nc3nc4ccc(OC)cc4s3)n2)C1. The molecule has 1 saturated heterocycles. The number of nitrogens with one attached hydrogen (secondary N) is 1. The number of aromatic nitrogens is 3. The van der Waals surface area contributed by atoms with Crippen LogP contribution in [-0.2, 0) is 0 Å². The molecule has 1 atom stereocenters. The molecule has 9 heteroatoms. The van der Waals surface area contributed by atoms with Crippen LogP contribution in [-0.4, -0.2) is 47.9 Å². The quantitative estimate of drug-likeness (QED) is 0.367. The van der Waals surface area contributed by atoms with Crippen LogP contribution in [0.15, 0.2) is 54.9 Å². The molecule has 0 aliphatic carbocycles. The average molecular weight is 478 g/mol. The largest absolute Gasteiger partial charge is 0.497 e. The van der Waals surface area contributed by atoms with Crippen molar-refractivity contribution in [3.63, 3.8) is 0 Å². The van der Waals surface area contributed by atoms with Crippen LogP contribution in [0.4, 0.5) is 16.8 Å². The Morgan fingerprint density at radius 1 is 1.12 bits per heavy atom. The van der Waals surface area contributed by atoms with E-state index >= 15 is 0 Å². The lowest BCUT2D eigenvalue weighted by atomic mass is 10.1. The number of nitrogens with zero attached hydrogens (tertiary/aromatic N) is 4. The highest BCUT2D eigenvalue weighted by Gasteiger charge is 2.24. The summed E-state index contributed by atoms with van der Waals surface area (Å²) in [5.74, 6) is 3.86. The van der Waals surface area contributed by atoms with E-state index in [4.69, 9.17) is 19.2 Å². The maximum Gasteiger partial charge on any atom is 0.189 e. The number of methoxy groups -OCH3 is 1. The Labute approximate surface area is 202 Å². The summed E-state index contributed by atoms with van der Waals surface area (Å²) in [7, 11) is 1.66. The van der Waals surface area contributed by atoms with Gasteiger partial charge in [0.15, 0.2) is 22.4 Å². The van der Waals surface area contributed by atoms with E-state index in [0.717, 1.165) is 64.3 Å². The molecule has 3 heterocycles. The molecular weight excluding hydrogens is 450 g/mol. The zero-order chi connectivity index (χ0) is 23.3. The van der Waals surface area contributed by atoms with Crippen LogP contribution in [0, 0.1) is 0 Å². The van der Waals surface area contributed by atoms with Crippen LogP contribution in [0.5, 0.6) is 17.2 Å². The number of thiazole rings is 1. The van der Waals surface area contributed by atoms with E-state index in [2.05, 4.69) is 20.2 Å². The first kappa shape index (κ1) is 22.2. The first-order valence-corrected chi connectivity index (χ1v) is 12.2. The molecule has 0 saturated carbocycles. The molecule has 176 valence electrons. The van der Waals surface area contributed by atoms with Gasteiger partial charge in [-0.15, -0.1) is 0 Å². The number of hydrogen-bond donors (Lipinski definition) is 1. The number of anilines is 3. The second kappa shape index (κ2) is 10.1. The molecule has 0 unspecified atom stereocenters. The van der Waals surface area contributed by atoms with Crippen LogP contribution in [0.1, 0.15) is 19.8 Å². The van der Waals surface area contributed by atoms with Gasteiger partial charge >= 0.3 is 0 Å². The molecule has 0 spiro atoms. The van der Waals surface area contributed by atoms with Crippen molar-refractivity contribution in [2.45, 2.75) is 25.9 Å². The van der Waals surface area contributed by atoms with Crippen molar-refractivity contribution < 1.29 is 14.2 Å². The third-order valence-corrected chi connectivity index (χ3v) is 6.53. The Balaban J connectivity index is 1.28. The number of hydrogen-bond acceptors (Lipinski definition) is 9. The van der Waals surface area contributed by atoms with Gasteiger partial charge in [-0.1, -0.05) is 23.5 Å². The minimum Gasteiger partial charge on any atom is -0.497 e. The van der Waals surface area contributed by atoms with Gasteiger partial charge < -0.3 is 24.4 Å². The van der Waals surface area contributed by atoms with Gasteiger partial charge in [-0.2, -0.15) is 0 Å². The van der Waals surface area contributed by atoms with Gasteiger partial charge in [-0.25, -0.2) is 9.97 Å². The van der Waals surface area contributed by atoms with E-state index in [1.165, 1.54) is 0 Å². The number of rotatable bonds is 8. The van der Waals surface area contributed by atoms with E-state index in [-0.39, 0.29) is 6.10 Å². The second-order valence-corrected chi connectivity index (χ2v) is 8.98. The third-order valence-electron chi connectivity index (χ3n) is 5.60. The normalized spacial score (nSPS) is 15.8. The predicted octanol–water partition coefficient (Wildman–Crippen LogP) is 5.29. The van der Waals surface area contributed by atoms with E-state index < -0.39 is 0 Å². The molecule has 2 aromatic carbocycles. The lowest BCUT2D eigenvalue weighted by Gasteiger charge is -2.33. The van der Waals surface area contributed by atoms with E-state index in [9.17, 15) is 0 Å². The van der Waals surface area contributed by atoms with Crippen molar-refractivity contribution >= 4 is 38.3 Å². The van der Waals surface area contributed by atoms with Crippen LogP contribution in [0.25, 0.3) is 10.2 Å². The molecule has 4 aromatic rings. The maximum absolute atomic E-state index is 6.32. The topological polar surface area (TPSA) is 81.6 Å². The minimum absolute atomic E-state index is 0.0491. The summed E-state index contributed by atoms with van der Waals surface area (Å²) in [4.78, 5) is 16.1. The van der Waals surface area contributed by atoms with Gasteiger partial charge in [-0.05, 0) is 50.1 Å². The Morgan fingerprint density at radius 2 is 2.00 bits per heavy atom. The molecule has 0 radical (unpaired) electrons. The first-order valence-electron chi connectivity index (χ1n) is 11.4. The number of benzene rings is 2. The van der Waals surface area contributed by atoms with Crippen molar-refractivity contribution in [1.29, 1.82) is 0 Å². The summed E-state index contributed by atoms with van der Waals surface area (Å²) in [5, 5.41) is 4.07. The maximum atomic E-state index is 6.32. The summed E-state index contributed by atoms with van der Waals surface area (Å²) < 4.78 is 18.4. The second-order valence-electron chi connectivity index (χ2n) is 7.95. The minimum atomic E-state index is 0.0491. The van der Waals surface area contributed by atoms with Crippen molar-refractivity contribution in [1.82, 2.24) is 15.0 Å². The van der Waals surface area contributed by atoms with Gasteiger partial charge in [0.1, 0.15) is 17.7 Å². The highest BCUT2D eigenvalue weighted by atomic mass is 32.1. The Hall–Kier alpha value is -3.59. The summed E-state index contributed by atoms with van der Waals surface area (Å²) in [6.07, 6.45) is 5.56. The van der Waals surface area contributed by atoms with Gasteiger partial charge in [0.25, 0.3) is 0 Å². The fourth-order valence-electron chi connectivity index (χ4n) is 4.01. The van der Waals surface area contributed by atoms with Crippen LogP contribution < -0.4 is 24.4 Å². The van der Waals surface area contributed by atoms with E-state index in [1.807, 2.05) is 49.4 Å². The zero-order valence-corrected chi connectivity index (χ0v) is 20.0. The molecule has 1 aliphatic rings. The molecule has 34 heavy (non-hydrogen) atoms. The molecule has 1 fully saturated rings. The smallest absolute Gasteiger partial charge is 0.189 e. The Kier molecular flexibility index (Phi) is 6.62. The van der Waals surface area contributed by atoms with E-state index in [1.54, 1.807) is 30.8 Å². The van der Waals surface area contributed by atoms with Gasteiger partial charge in [0.05, 0.1) is 42.9 Å². The van der Waals surface area contributed by atoms with E-state index in [0.29, 0.717) is 12.4 Å². The highest BCUT2D eigenvalue weighted by molar-refractivity contribution is 7.22. The highest BCUT2D eigenvalue weighted by Crippen LogP contribution is 2.32. The van der Waals surface area contributed by atoms with Crippen LogP contribution in [0.2, 0.25) is 0 Å². The fourth-order valence-corrected chi connectivity index (χ4v) is 4.91. The number of fused-ring (bicyclic) bond motifs is 1. The third kappa shape index (κ3) is 4.99. The Bertz CT molecular complexity index is 1260. The number of ether oxygens (including phenoxy) is 3. The molecule has 0 bridgehead atoms. The van der Waals surface area contributed by atoms with Gasteiger partial charge in [0.2, 0.25) is 0 Å². The van der Waals surface area contributed by atoms with Crippen molar-refractivity contribution in [3.05, 3.63) is 54.9 Å². The zero-order valence-electron chi connectivity index (χ0n) is 19.2. The summed E-state index contributed by atoms with van der Waals surface area (Å²) in [6, 6.07) is 13.7. The molecular formula is C25H27N5O3S. The average Bonchev–Trinajstić information content (AvgIpc) is 3.27. The molecule has 1 aliphatic heterocycles. The standard InChI is InChI=1S/C25H27N5O3S/c1-3-32-20-8-4-5-9-21(20)33-18-7-6-12-30(16-18)24-15-26-14-23(28-24)29-25-27-19-11-10-17(31-2)13-22(19)34-25/h4-5,8-11,13-15,18H,3,6-7,12,16H2,1-2H3,(H,27,28,29)/t18-/m1/s1. The van der Waals surface area contributed by atoms with Gasteiger partial charge in [-0.3, -0.25) is 4.98 Å². The first-order chi connectivity index (χ1) is 16.7. The van der Waals surface area contributed by atoms with Crippen LogP contribution in [0.3, 0.4) is 0 Å². The summed E-state index contributed by atoms with van der Waals surface area (Å²) in [6.45, 7) is 4.23. The van der Waals surface area contributed by atoms with Crippen molar-refractivity contribution in [2.24, 2.45) is 0 Å². The number of para-hydroxylation sites is 2. The van der Waals surface area contributed by atoms with Gasteiger partial charge in [0, 0.05) is 6.54 Å². The summed E-state index contributed by atoms with van der Waals surface area (Å²) in [5.41, 5.74) is 0.917. The number of piperidine rings is 1. The molecule has 2 aromatic heterocycles.